The summed E-state index contributed by atoms with van der Waals surface area (Å²) in [4.78, 5) is 14.7. The van der Waals surface area contributed by atoms with Crippen LogP contribution in [0.4, 0.5) is 0 Å². The van der Waals surface area contributed by atoms with Gasteiger partial charge in [-0.3, -0.25) is 9.69 Å². The van der Waals surface area contributed by atoms with E-state index in [1.807, 2.05) is 55.5 Å². The van der Waals surface area contributed by atoms with E-state index in [0.717, 1.165) is 30.9 Å². The van der Waals surface area contributed by atoms with Crippen LogP contribution >= 0.6 is 0 Å². The summed E-state index contributed by atoms with van der Waals surface area (Å²) in [7, 11) is 0. The first-order valence-corrected chi connectivity index (χ1v) is 9.94. The predicted octanol–water partition coefficient (Wildman–Crippen LogP) is 3.41. The lowest BCUT2D eigenvalue weighted by molar-refractivity contribution is -0.0704. The Morgan fingerprint density at radius 2 is 1.86 bits per heavy atom. The molecule has 28 heavy (non-hydrogen) atoms. The molecule has 0 aliphatic carbocycles. The third-order valence-electron chi connectivity index (χ3n) is 4.76. The maximum atomic E-state index is 12.3. The Bertz CT molecular complexity index is 766. The average molecular weight is 383 g/mol. The van der Waals surface area contributed by atoms with Crippen LogP contribution in [-0.4, -0.2) is 49.3 Å². The first kappa shape index (κ1) is 20.4. The number of nitrogens with zero attached hydrogens (tertiary/aromatic N) is 1. The number of carbonyl (C=O) groups excluding carboxylic acids is 1. The lowest BCUT2D eigenvalue weighted by Gasteiger charge is -2.35. The van der Waals surface area contributed by atoms with Crippen LogP contribution in [0.5, 0.6) is 5.75 Å². The van der Waals surface area contributed by atoms with Gasteiger partial charge < -0.3 is 14.8 Å². The third kappa shape index (κ3) is 6.08. The van der Waals surface area contributed by atoms with Gasteiger partial charge in [-0.15, -0.1) is 0 Å². The highest BCUT2D eigenvalue weighted by atomic mass is 16.5. The number of benzene rings is 2. The number of rotatable bonds is 7. The van der Waals surface area contributed by atoms with Gasteiger partial charge in [0.1, 0.15) is 12.4 Å². The zero-order chi connectivity index (χ0) is 19.9. The zero-order valence-corrected chi connectivity index (χ0v) is 17.0. The van der Waals surface area contributed by atoms with Gasteiger partial charge in [0.15, 0.2) is 0 Å². The number of hydrogen-bond donors (Lipinski definition) is 1. The summed E-state index contributed by atoms with van der Waals surface area (Å²) < 4.78 is 11.4. The van der Waals surface area contributed by atoms with Crippen LogP contribution in [-0.2, 0) is 11.3 Å². The van der Waals surface area contributed by atoms with Gasteiger partial charge in [-0.2, -0.15) is 0 Å². The summed E-state index contributed by atoms with van der Waals surface area (Å²) >= 11 is 0. The Hall–Kier alpha value is -2.37. The summed E-state index contributed by atoms with van der Waals surface area (Å²) in [6.45, 7) is 9.92. The molecule has 5 heteroatoms. The highest BCUT2D eigenvalue weighted by Gasteiger charge is 2.22. The van der Waals surface area contributed by atoms with Crippen molar-refractivity contribution in [2.75, 3.05) is 26.2 Å². The van der Waals surface area contributed by atoms with Crippen LogP contribution in [0, 0.1) is 6.92 Å². The lowest BCUT2D eigenvalue weighted by Crippen LogP contribution is -2.44. The van der Waals surface area contributed by atoms with Crippen molar-refractivity contribution in [1.82, 2.24) is 10.2 Å². The fourth-order valence-electron chi connectivity index (χ4n) is 3.57. The van der Waals surface area contributed by atoms with Crippen molar-refractivity contribution in [1.29, 1.82) is 0 Å². The van der Waals surface area contributed by atoms with E-state index in [1.54, 1.807) is 0 Å². The van der Waals surface area contributed by atoms with Crippen LogP contribution in [0.2, 0.25) is 0 Å². The number of carbonyl (C=O) groups is 1. The number of aryl methyl sites for hydroxylation is 1. The van der Waals surface area contributed by atoms with E-state index >= 15 is 0 Å². The van der Waals surface area contributed by atoms with Gasteiger partial charge in [0.05, 0.1) is 18.8 Å². The molecule has 1 aliphatic rings. The van der Waals surface area contributed by atoms with Crippen molar-refractivity contribution in [3.8, 4) is 5.75 Å². The minimum absolute atomic E-state index is 0.0759. The molecule has 0 saturated carbocycles. The Kier molecular flexibility index (Phi) is 7.06. The quantitative estimate of drug-likeness (QED) is 0.746. The average Bonchev–Trinajstić information content (AvgIpc) is 2.65. The van der Waals surface area contributed by atoms with Crippen molar-refractivity contribution >= 4 is 5.91 Å². The molecule has 1 heterocycles. The predicted molar refractivity (Wildman–Crippen MR) is 111 cm³/mol. The van der Waals surface area contributed by atoms with E-state index in [2.05, 4.69) is 24.1 Å². The minimum Gasteiger partial charge on any atom is -0.492 e. The molecule has 5 nitrogen and oxygen atoms in total. The first-order chi connectivity index (χ1) is 13.5. The van der Waals surface area contributed by atoms with Crippen LogP contribution in [0.1, 0.15) is 35.3 Å². The molecule has 150 valence electrons. The molecule has 0 spiro atoms. The highest BCUT2D eigenvalue weighted by molar-refractivity contribution is 5.94. The number of nitrogens with one attached hydrogen (secondary N) is 1. The molecule has 1 saturated heterocycles. The number of hydrogen-bond acceptors (Lipinski definition) is 4. The Morgan fingerprint density at radius 3 is 2.54 bits per heavy atom. The smallest absolute Gasteiger partial charge is 0.251 e. The Morgan fingerprint density at radius 1 is 1.14 bits per heavy atom. The fourth-order valence-corrected chi connectivity index (χ4v) is 3.57. The maximum Gasteiger partial charge on any atom is 0.251 e. The van der Waals surface area contributed by atoms with Gasteiger partial charge in [-0.1, -0.05) is 24.3 Å². The van der Waals surface area contributed by atoms with Gasteiger partial charge in [0.25, 0.3) is 5.91 Å². The molecule has 0 aromatic heterocycles. The van der Waals surface area contributed by atoms with Gasteiger partial charge in [-0.25, -0.2) is 0 Å². The topological polar surface area (TPSA) is 50.8 Å². The monoisotopic (exact) mass is 382 g/mol. The molecule has 1 N–H and O–H groups in total. The lowest BCUT2D eigenvalue weighted by atomic mass is 10.1. The van der Waals surface area contributed by atoms with Crippen LogP contribution in [0.25, 0.3) is 0 Å². The van der Waals surface area contributed by atoms with E-state index in [9.17, 15) is 4.79 Å². The molecule has 3 rings (SSSR count). The van der Waals surface area contributed by atoms with Crippen molar-refractivity contribution in [3.05, 3.63) is 65.2 Å². The van der Waals surface area contributed by atoms with Crippen molar-refractivity contribution in [2.45, 2.75) is 39.5 Å². The fraction of sp³-hybridized carbons (Fsp3) is 0.435. The van der Waals surface area contributed by atoms with Crippen molar-refractivity contribution in [3.63, 3.8) is 0 Å². The second kappa shape index (κ2) is 9.71. The molecule has 2 aromatic rings. The van der Waals surface area contributed by atoms with Crippen LogP contribution in [0.3, 0.4) is 0 Å². The van der Waals surface area contributed by atoms with Crippen molar-refractivity contribution < 1.29 is 14.3 Å². The van der Waals surface area contributed by atoms with Crippen LogP contribution in [0.15, 0.2) is 48.5 Å². The molecule has 0 bridgehead atoms. The van der Waals surface area contributed by atoms with E-state index < -0.39 is 0 Å². The summed E-state index contributed by atoms with van der Waals surface area (Å²) in [6, 6.07) is 15.7. The molecule has 2 atom stereocenters. The normalized spacial score (nSPS) is 20.0. The van der Waals surface area contributed by atoms with Gasteiger partial charge in [-0.05, 0) is 56.2 Å². The second-order valence-corrected chi connectivity index (χ2v) is 7.57. The minimum atomic E-state index is -0.0759. The van der Waals surface area contributed by atoms with E-state index in [4.69, 9.17) is 9.47 Å². The summed E-state index contributed by atoms with van der Waals surface area (Å²) in [5.41, 5.74) is 3.03. The number of morpholine rings is 1. The second-order valence-electron chi connectivity index (χ2n) is 7.57. The molecule has 0 unspecified atom stereocenters. The van der Waals surface area contributed by atoms with Gasteiger partial charge in [0, 0.05) is 25.2 Å². The largest absolute Gasteiger partial charge is 0.492 e. The molecular formula is C23H30N2O3. The van der Waals surface area contributed by atoms with E-state index in [-0.39, 0.29) is 18.1 Å². The van der Waals surface area contributed by atoms with Gasteiger partial charge >= 0.3 is 0 Å². The molecule has 1 amide bonds. The van der Waals surface area contributed by atoms with E-state index in [1.165, 1.54) is 5.56 Å². The third-order valence-corrected chi connectivity index (χ3v) is 4.76. The number of amides is 1. The molecule has 0 radical (unpaired) electrons. The van der Waals surface area contributed by atoms with Crippen LogP contribution < -0.4 is 10.1 Å². The summed E-state index contributed by atoms with van der Waals surface area (Å²) in [6.07, 6.45) is 0.520. The maximum absolute atomic E-state index is 12.3. The Balaban J connectivity index is 1.43. The zero-order valence-electron chi connectivity index (χ0n) is 17.0. The van der Waals surface area contributed by atoms with Crippen molar-refractivity contribution in [2.24, 2.45) is 0 Å². The molecule has 1 fully saturated rings. The highest BCUT2D eigenvalue weighted by Crippen LogP contribution is 2.15. The number of ether oxygens (including phenoxy) is 2. The SMILES string of the molecule is Cc1cccc(OCCNC(=O)c2ccc(CN3C[C@@H](C)O[C@H](C)C3)cc2)c1. The van der Waals surface area contributed by atoms with E-state index in [0.29, 0.717) is 18.7 Å². The molecule has 2 aromatic carbocycles. The molecule has 1 aliphatic heterocycles. The molecular weight excluding hydrogens is 352 g/mol. The first-order valence-electron chi connectivity index (χ1n) is 9.94. The summed E-state index contributed by atoms with van der Waals surface area (Å²) in [5.74, 6) is 0.748. The Labute approximate surface area is 167 Å². The standard InChI is InChI=1S/C23H30N2O3/c1-17-5-4-6-22(13-17)27-12-11-24-23(26)21-9-7-20(8-10-21)16-25-14-18(2)28-19(3)15-25/h4-10,13,18-19H,11-12,14-16H2,1-3H3,(H,24,26)/t18-,19-/m1/s1. The summed E-state index contributed by atoms with van der Waals surface area (Å²) in [5, 5.41) is 2.91. The van der Waals surface area contributed by atoms with Gasteiger partial charge in [0.2, 0.25) is 0 Å².